The summed E-state index contributed by atoms with van der Waals surface area (Å²) >= 11 is 0. The van der Waals surface area contributed by atoms with Gasteiger partial charge in [-0.1, -0.05) is 18.2 Å². The molecule has 0 radical (unpaired) electrons. The number of benzene rings is 2. The molecule has 1 N–H and O–H groups in total. The fourth-order valence-electron chi connectivity index (χ4n) is 3.07. The van der Waals surface area contributed by atoms with Gasteiger partial charge in [0.15, 0.2) is 11.6 Å². The molecule has 3 aromatic rings. The molecule has 2 aromatic carbocycles. The van der Waals surface area contributed by atoms with Gasteiger partial charge in [-0.05, 0) is 36.2 Å². The summed E-state index contributed by atoms with van der Waals surface area (Å²) in [6.07, 6.45) is 3.85. The third kappa shape index (κ3) is 3.01. The number of carbonyl (C=O) groups excluding carboxylic acids is 1. The molecule has 0 atom stereocenters. The molecule has 6 heteroatoms. The zero-order valence-electron chi connectivity index (χ0n) is 13.7. The highest BCUT2D eigenvalue weighted by molar-refractivity contribution is 6.07. The molecule has 0 bridgehead atoms. The second-order valence-corrected chi connectivity index (χ2v) is 6.05. The Balaban J connectivity index is 1.58. The first kappa shape index (κ1) is 16.2. The van der Waals surface area contributed by atoms with Crippen molar-refractivity contribution in [2.45, 2.75) is 6.42 Å². The van der Waals surface area contributed by atoms with E-state index < -0.39 is 11.6 Å². The second kappa shape index (κ2) is 6.55. The van der Waals surface area contributed by atoms with Crippen LogP contribution in [0, 0.1) is 11.6 Å². The molecule has 1 aliphatic rings. The molecule has 130 valence electrons. The van der Waals surface area contributed by atoms with Gasteiger partial charge in [-0.3, -0.25) is 9.78 Å². The lowest BCUT2D eigenvalue weighted by atomic mass is 10.2. The molecule has 4 nitrogen and oxygen atoms in total. The van der Waals surface area contributed by atoms with Gasteiger partial charge in [0.05, 0.1) is 17.4 Å². The molecule has 1 aliphatic heterocycles. The monoisotopic (exact) mass is 351 g/mol. The van der Waals surface area contributed by atoms with Gasteiger partial charge >= 0.3 is 0 Å². The molecule has 0 unspecified atom stereocenters. The minimum Gasteiger partial charge on any atom is -0.354 e. The first-order valence-electron chi connectivity index (χ1n) is 8.19. The van der Waals surface area contributed by atoms with Crippen molar-refractivity contribution in [2.75, 3.05) is 16.8 Å². The van der Waals surface area contributed by atoms with Gasteiger partial charge in [-0.15, -0.1) is 0 Å². The predicted molar refractivity (Wildman–Crippen MR) is 95.7 cm³/mol. The van der Waals surface area contributed by atoms with Crippen LogP contribution in [0.5, 0.6) is 0 Å². The molecule has 0 fully saturated rings. The SMILES string of the molecule is O=C(c1cncc(Nc2ccc(F)c(F)c2)c1)N1CCc2ccccc21. The van der Waals surface area contributed by atoms with Crippen molar-refractivity contribution in [1.29, 1.82) is 0 Å². The highest BCUT2D eigenvalue weighted by atomic mass is 19.2. The van der Waals surface area contributed by atoms with Crippen LogP contribution < -0.4 is 10.2 Å². The number of halogens is 2. The molecular formula is C20H15F2N3O. The Morgan fingerprint density at radius 2 is 1.85 bits per heavy atom. The summed E-state index contributed by atoms with van der Waals surface area (Å²) in [5, 5.41) is 2.94. The number of para-hydroxylation sites is 1. The molecule has 0 saturated heterocycles. The number of aromatic nitrogens is 1. The summed E-state index contributed by atoms with van der Waals surface area (Å²) < 4.78 is 26.4. The maximum Gasteiger partial charge on any atom is 0.259 e. The van der Waals surface area contributed by atoms with E-state index in [-0.39, 0.29) is 5.91 Å². The third-order valence-corrected chi connectivity index (χ3v) is 4.33. The lowest BCUT2D eigenvalue weighted by Crippen LogP contribution is -2.29. The van der Waals surface area contributed by atoms with E-state index in [1.165, 1.54) is 18.5 Å². The Bertz CT molecular complexity index is 990. The number of rotatable bonds is 3. The molecule has 0 spiro atoms. The van der Waals surface area contributed by atoms with E-state index in [1.807, 2.05) is 24.3 Å². The van der Waals surface area contributed by atoms with Crippen LogP contribution >= 0.6 is 0 Å². The average molecular weight is 351 g/mol. The molecule has 1 aromatic heterocycles. The topological polar surface area (TPSA) is 45.2 Å². The van der Waals surface area contributed by atoms with Crippen LogP contribution in [0.4, 0.5) is 25.8 Å². The third-order valence-electron chi connectivity index (χ3n) is 4.33. The van der Waals surface area contributed by atoms with Gasteiger partial charge in [-0.25, -0.2) is 8.78 Å². The van der Waals surface area contributed by atoms with Gasteiger partial charge in [0, 0.05) is 30.2 Å². The highest BCUT2D eigenvalue weighted by Crippen LogP contribution is 2.29. The van der Waals surface area contributed by atoms with E-state index in [0.717, 1.165) is 29.8 Å². The molecule has 0 saturated carbocycles. The highest BCUT2D eigenvalue weighted by Gasteiger charge is 2.25. The fourth-order valence-corrected chi connectivity index (χ4v) is 3.07. The van der Waals surface area contributed by atoms with Gasteiger partial charge in [0.2, 0.25) is 0 Å². The number of nitrogens with zero attached hydrogens (tertiary/aromatic N) is 2. The van der Waals surface area contributed by atoms with E-state index in [2.05, 4.69) is 10.3 Å². The second-order valence-electron chi connectivity index (χ2n) is 6.05. The van der Waals surface area contributed by atoms with Crippen molar-refractivity contribution in [3.63, 3.8) is 0 Å². The minimum atomic E-state index is -0.941. The zero-order chi connectivity index (χ0) is 18.1. The molecule has 26 heavy (non-hydrogen) atoms. The van der Waals surface area contributed by atoms with Crippen LogP contribution in [-0.2, 0) is 6.42 Å². The number of anilines is 3. The van der Waals surface area contributed by atoms with Crippen LogP contribution in [-0.4, -0.2) is 17.4 Å². The Labute approximate surface area is 149 Å². The number of amides is 1. The lowest BCUT2D eigenvalue weighted by molar-refractivity contribution is 0.0989. The summed E-state index contributed by atoms with van der Waals surface area (Å²) in [4.78, 5) is 18.7. The first-order chi connectivity index (χ1) is 12.6. The number of fused-ring (bicyclic) bond motifs is 1. The number of nitrogens with one attached hydrogen (secondary N) is 1. The van der Waals surface area contributed by atoms with Crippen LogP contribution in [0.1, 0.15) is 15.9 Å². The normalized spacial score (nSPS) is 12.8. The van der Waals surface area contributed by atoms with Crippen molar-refractivity contribution in [3.05, 3.63) is 83.7 Å². The van der Waals surface area contributed by atoms with Crippen molar-refractivity contribution in [3.8, 4) is 0 Å². The van der Waals surface area contributed by atoms with E-state index in [0.29, 0.717) is 23.5 Å². The van der Waals surface area contributed by atoms with Crippen molar-refractivity contribution < 1.29 is 13.6 Å². The summed E-state index contributed by atoms with van der Waals surface area (Å²) in [6, 6.07) is 13.0. The van der Waals surface area contributed by atoms with E-state index in [4.69, 9.17) is 0 Å². The number of carbonyl (C=O) groups is 1. The van der Waals surface area contributed by atoms with Crippen LogP contribution in [0.25, 0.3) is 0 Å². The Hall–Kier alpha value is -3.28. The number of hydrogen-bond donors (Lipinski definition) is 1. The first-order valence-corrected chi connectivity index (χ1v) is 8.19. The zero-order valence-corrected chi connectivity index (χ0v) is 13.7. The van der Waals surface area contributed by atoms with Crippen LogP contribution in [0.15, 0.2) is 60.9 Å². The summed E-state index contributed by atoms with van der Waals surface area (Å²) in [7, 11) is 0. The Kier molecular flexibility index (Phi) is 4.08. The molecule has 0 aliphatic carbocycles. The Morgan fingerprint density at radius 1 is 1.00 bits per heavy atom. The Morgan fingerprint density at radius 3 is 2.69 bits per heavy atom. The van der Waals surface area contributed by atoms with Gasteiger partial charge in [0.25, 0.3) is 5.91 Å². The average Bonchev–Trinajstić information content (AvgIpc) is 3.08. The van der Waals surface area contributed by atoms with Gasteiger partial charge in [0.1, 0.15) is 0 Å². The largest absolute Gasteiger partial charge is 0.354 e. The standard InChI is InChI=1S/C20H15F2N3O/c21-17-6-5-15(10-18(17)22)24-16-9-14(11-23-12-16)20(26)25-8-7-13-3-1-2-4-19(13)25/h1-6,9-12,24H,7-8H2. The van der Waals surface area contributed by atoms with Crippen molar-refractivity contribution in [2.24, 2.45) is 0 Å². The van der Waals surface area contributed by atoms with Crippen molar-refractivity contribution >= 4 is 23.0 Å². The molecule has 4 rings (SSSR count). The minimum absolute atomic E-state index is 0.142. The fraction of sp³-hybridized carbons (Fsp3) is 0.100. The summed E-state index contributed by atoms with van der Waals surface area (Å²) in [5.41, 5.74) is 3.38. The molecular weight excluding hydrogens is 336 g/mol. The maximum absolute atomic E-state index is 13.3. The quantitative estimate of drug-likeness (QED) is 0.765. The maximum atomic E-state index is 13.3. The number of pyridine rings is 1. The molecule has 1 amide bonds. The smallest absolute Gasteiger partial charge is 0.259 e. The van der Waals surface area contributed by atoms with Crippen LogP contribution in [0.3, 0.4) is 0 Å². The van der Waals surface area contributed by atoms with E-state index >= 15 is 0 Å². The van der Waals surface area contributed by atoms with E-state index in [1.54, 1.807) is 11.0 Å². The summed E-state index contributed by atoms with van der Waals surface area (Å²) in [5.74, 6) is -1.99. The molecule has 2 heterocycles. The number of hydrogen-bond acceptors (Lipinski definition) is 3. The lowest BCUT2D eigenvalue weighted by Gasteiger charge is -2.17. The van der Waals surface area contributed by atoms with Gasteiger partial charge < -0.3 is 10.2 Å². The van der Waals surface area contributed by atoms with E-state index in [9.17, 15) is 13.6 Å². The summed E-state index contributed by atoms with van der Waals surface area (Å²) in [6.45, 7) is 0.624. The van der Waals surface area contributed by atoms with Crippen molar-refractivity contribution in [1.82, 2.24) is 4.98 Å². The van der Waals surface area contributed by atoms with Crippen LogP contribution in [0.2, 0.25) is 0 Å². The van der Waals surface area contributed by atoms with Gasteiger partial charge in [-0.2, -0.15) is 0 Å². The predicted octanol–water partition coefficient (Wildman–Crippen LogP) is 4.31.